The number of benzene rings is 1. The molecule has 0 bridgehead atoms. The van der Waals surface area contributed by atoms with Crippen LogP contribution in [0.15, 0.2) is 42.7 Å². The van der Waals surface area contributed by atoms with Crippen LogP contribution >= 0.6 is 0 Å². The first kappa shape index (κ1) is 15.9. The van der Waals surface area contributed by atoms with E-state index >= 15 is 0 Å². The van der Waals surface area contributed by atoms with Gasteiger partial charge in [0.1, 0.15) is 0 Å². The van der Waals surface area contributed by atoms with Gasteiger partial charge in [0.15, 0.2) is 0 Å². The summed E-state index contributed by atoms with van der Waals surface area (Å²) in [5, 5.41) is 0. The lowest BCUT2D eigenvalue weighted by molar-refractivity contribution is 0.256. The maximum atomic E-state index is 2.44. The molecule has 0 fully saturated rings. The van der Waals surface area contributed by atoms with Crippen molar-refractivity contribution >= 4 is 0 Å². The highest BCUT2D eigenvalue weighted by atomic mass is 15.3. The minimum atomic E-state index is 1.02. The average molecular weight is 286 g/mol. The third-order valence-electron chi connectivity index (χ3n) is 4.13. The van der Waals surface area contributed by atoms with Gasteiger partial charge < -0.3 is 9.80 Å². The summed E-state index contributed by atoms with van der Waals surface area (Å²) in [5.74, 6) is 0. The van der Waals surface area contributed by atoms with Gasteiger partial charge in [0.25, 0.3) is 0 Å². The maximum Gasteiger partial charge on any atom is 0.0897 e. The smallest absolute Gasteiger partial charge is 0.0897 e. The number of hydrogen-bond donors (Lipinski definition) is 0. The van der Waals surface area contributed by atoms with Crippen molar-refractivity contribution in [2.45, 2.75) is 58.4 Å². The SMILES string of the molecule is CCCCCCCCCN1C=CN(Cc2ccccc2)C1. The molecule has 1 aromatic carbocycles. The quantitative estimate of drug-likeness (QED) is 0.559. The van der Waals surface area contributed by atoms with Crippen molar-refractivity contribution < 1.29 is 0 Å². The second kappa shape index (κ2) is 9.49. The Bertz CT molecular complexity index is 399. The molecule has 0 saturated carbocycles. The van der Waals surface area contributed by atoms with Crippen molar-refractivity contribution in [3.8, 4) is 0 Å². The fourth-order valence-electron chi connectivity index (χ4n) is 2.85. The Labute approximate surface area is 130 Å². The molecule has 2 heteroatoms. The molecule has 0 amide bonds. The topological polar surface area (TPSA) is 6.48 Å². The molecule has 1 heterocycles. The van der Waals surface area contributed by atoms with E-state index in [1.165, 1.54) is 57.1 Å². The summed E-state index contributed by atoms with van der Waals surface area (Å²) in [4.78, 5) is 4.82. The number of unbranched alkanes of at least 4 members (excludes halogenated alkanes) is 6. The van der Waals surface area contributed by atoms with Gasteiger partial charge >= 0.3 is 0 Å². The van der Waals surface area contributed by atoms with Gasteiger partial charge in [-0.05, 0) is 12.0 Å². The monoisotopic (exact) mass is 286 g/mol. The first-order valence-electron chi connectivity index (χ1n) is 8.59. The van der Waals surface area contributed by atoms with Crippen LogP contribution in [0.2, 0.25) is 0 Å². The zero-order valence-corrected chi connectivity index (χ0v) is 13.5. The van der Waals surface area contributed by atoms with E-state index in [2.05, 4.69) is 59.5 Å². The standard InChI is InChI=1S/C19H30N2/c1-2-3-4-5-6-7-11-14-20-15-16-21(18-20)17-19-12-9-8-10-13-19/h8-10,12-13,15-16H,2-7,11,14,17-18H2,1H3. The highest BCUT2D eigenvalue weighted by Crippen LogP contribution is 2.13. The molecule has 0 aliphatic carbocycles. The molecular weight excluding hydrogens is 256 g/mol. The van der Waals surface area contributed by atoms with Crippen molar-refractivity contribution in [2.24, 2.45) is 0 Å². The van der Waals surface area contributed by atoms with Gasteiger partial charge in [-0.25, -0.2) is 0 Å². The van der Waals surface area contributed by atoms with E-state index in [1.807, 2.05) is 0 Å². The summed E-state index contributed by atoms with van der Waals surface area (Å²) < 4.78 is 0. The Kier molecular flexibility index (Phi) is 7.20. The van der Waals surface area contributed by atoms with E-state index in [0.29, 0.717) is 0 Å². The minimum Gasteiger partial charge on any atom is -0.359 e. The van der Waals surface area contributed by atoms with Gasteiger partial charge in [-0.3, -0.25) is 0 Å². The molecular formula is C19H30N2. The first-order valence-corrected chi connectivity index (χ1v) is 8.59. The predicted molar refractivity (Wildman–Crippen MR) is 90.7 cm³/mol. The van der Waals surface area contributed by atoms with Crippen LogP contribution in [0.25, 0.3) is 0 Å². The molecule has 1 aromatic rings. The van der Waals surface area contributed by atoms with Crippen LogP contribution in [-0.2, 0) is 6.54 Å². The van der Waals surface area contributed by atoms with Crippen molar-refractivity contribution in [1.82, 2.24) is 9.80 Å². The molecule has 2 rings (SSSR count). The van der Waals surface area contributed by atoms with Crippen LogP contribution in [0.1, 0.15) is 57.4 Å². The van der Waals surface area contributed by atoms with Gasteiger partial charge in [-0.2, -0.15) is 0 Å². The summed E-state index contributed by atoms with van der Waals surface area (Å²) >= 11 is 0. The Morgan fingerprint density at radius 3 is 2.24 bits per heavy atom. The second-order valence-corrected chi connectivity index (χ2v) is 6.11. The van der Waals surface area contributed by atoms with Crippen molar-refractivity contribution in [3.05, 3.63) is 48.3 Å². The largest absolute Gasteiger partial charge is 0.359 e. The molecule has 2 nitrogen and oxygen atoms in total. The summed E-state index contributed by atoms with van der Waals surface area (Å²) in [6.45, 7) is 5.55. The van der Waals surface area contributed by atoms with Crippen LogP contribution in [0.5, 0.6) is 0 Å². The van der Waals surface area contributed by atoms with Gasteiger partial charge in [-0.1, -0.05) is 75.8 Å². The molecule has 21 heavy (non-hydrogen) atoms. The molecule has 0 spiro atoms. The lowest BCUT2D eigenvalue weighted by atomic mass is 10.1. The van der Waals surface area contributed by atoms with Crippen LogP contribution in [-0.4, -0.2) is 23.0 Å². The van der Waals surface area contributed by atoms with Crippen molar-refractivity contribution in [2.75, 3.05) is 13.2 Å². The van der Waals surface area contributed by atoms with E-state index < -0.39 is 0 Å². The Morgan fingerprint density at radius 2 is 1.48 bits per heavy atom. The minimum absolute atomic E-state index is 1.02. The number of hydrogen-bond acceptors (Lipinski definition) is 2. The number of rotatable bonds is 10. The number of nitrogens with zero attached hydrogens (tertiary/aromatic N) is 2. The highest BCUT2D eigenvalue weighted by molar-refractivity contribution is 5.15. The molecule has 1 aliphatic rings. The third kappa shape index (κ3) is 6.24. The van der Waals surface area contributed by atoms with E-state index in [0.717, 1.165) is 13.2 Å². The molecule has 0 atom stereocenters. The third-order valence-corrected chi connectivity index (χ3v) is 4.13. The molecule has 1 aliphatic heterocycles. The highest BCUT2D eigenvalue weighted by Gasteiger charge is 2.11. The second-order valence-electron chi connectivity index (χ2n) is 6.11. The normalized spacial score (nSPS) is 14.1. The Morgan fingerprint density at radius 1 is 0.810 bits per heavy atom. The molecule has 0 unspecified atom stereocenters. The average Bonchev–Trinajstić information content (AvgIpc) is 2.95. The van der Waals surface area contributed by atoms with Crippen LogP contribution in [0.3, 0.4) is 0 Å². The Hall–Kier alpha value is -1.44. The zero-order chi connectivity index (χ0) is 14.8. The Balaban J connectivity index is 1.53. The lowest BCUT2D eigenvalue weighted by Gasteiger charge is -2.21. The molecule has 0 aromatic heterocycles. The van der Waals surface area contributed by atoms with E-state index in [9.17, 15) is 0 Å². The fraction of sp³-hybridized carbons (Fsp3) is 0.579. The summed E-state index contributed by atoms with van der Waals surface area (Å²) in [7, 11) is 0. The molecule has 0 N–H and O–H groups in total. The summed E-state index contributed by atoms with van der Waals surface area (Å²) in [6, 6.07) is 10.7. The van der Waals surface area contributed by atoms with Crippen LogP contribution in [0.4, 0.5) is 0 Å². The maximum absolute atomic E-state index is 2.44. The lowest BCUT2D eigenvalue weighted by Crippen LogP contribution is -2.25. The van der Waals surface area contributed by atoms with Gasteiger partial charge in [0.05, 0.1) is 6.67 Å². The fourth-order valence-corrected chi connectivity index (χ4v) is 2.85. The van der Waals surface area contributed by atoms with Gasteiger partial charge in [0.2, 0.25) is 0 Å². The van der Waals surface area contributed by atoms with E-state index in [-0.39, 0.29) is 0 Å². The zero-order valence-electron chi connectivity index (χ0n) is 13.5. The van der Waals surface area contributed by atoms with Gasteiger partial charge in [-0.15, -0.1) is 0 Å². The van der Waals surface area contributed by atoms with E-state index in [1.54, 1.807) is 0 Å². The molecule has 0 saturated heterocycles. The first-order chi connectivity index (χ1) is 10.4. The van der Waals surface area contributed by atoms with Crippen LogP contribution in [0, 0.1) is 0 Å². The molecule has 116 valence electrons. The van der Waals surface area contributed by atoms with Crippen molar-refractivity contribution in [3.63, 3.8) is 0 Å². The predicted octanol–water partition coefficient (Wildman–Crippen LogP) is 4.98. The van der Waals surface area contributed by atoms with E-state index in [4.69, 9.17) is 0 Å². The van der Waals surface area contributed by atoms with Crippen LogP contribution < -0.4 is 0 Å². The summed E-state index contributed by atoms with van der Waals surface area (Å²) in [5.41, 5.74) is 1.39. The molecule has 0 radical (unpaired) electrons. The summed E-state index contributed by atoms with van der Waals surface area (Å²) in [6.07, 6.45) is 14.2. The van der Waals surface area contributed by atoms with Crippen molar-refractivity contribution in [1.29, 1.82) is 0 Å². The van der Waals surface area contributed by atoms with Gasteiger partial charge in [0, 0.05) is 25.5 Å².